The monoisotopic (exact) mass is 482 g/mol. The smallest absolute Gasteiger partial charge is 0.330 e. The van der Waals surface area contributed by atoms with Crippen LogP contribution >= 0.6 is 0 Å². The lowest BCUT2D eigenvalue weighted by Crippen LogP contribution is -2.48. The van der Waals surface area contributed by atoms with E-state index in [2.05, 4.69) is 10.3 Å². The molecule has 4 rings (SSSR count). The van der Waals surface area contributed by atoms with Crippen molar-refractivity contribution in [3.8, 4) is 0 Å². The van der Waals surface area contributed by atoms with Crippen LogP contribution in [0, 0.1) is 5.92 Å². The van der Waals surface area contributed by atoms with E-state index in [-0.39, 0.29) is 30.5 Å². The van der Waals surface area contributed by atoms with E-state index < -0.39 is 41.2 Å². The third-order valence-corrected chi connectivity index (χ3v) is 6.69. The summed E-state index contributed by atoms with van der Waals surface area (Å²) in [6, 6.07) is 8.28. The molecular weight excluding hydrogens is 452 g/mol. The molecule has 2 aliphatic rings. The third-order valence-electron chi connectivity index (χ3n) is 6.69. The fraction of sp³-hybridized carbons (Fsp3) is 0.458. The van der Waals surface area contributed by atoms with Crippen LogP contribution in [0.4, 0.5) is 16.3 Å². The number of carbonyl (C=O) groups is 3. The number of aromatic amines is 1. The molecule has 4 amide bonds. The first-order valence-corrected chi connectivity index (χ1v) is 11.8. The molecule has 1 saturated carbocycles. The maximum absolute atomic E-state index is 13.6. The van der Waals surface area contributed by atoms with Gasteiger partial charge in [0, 0.05) is 6.54 Å². The number of H-pyrrole nitrogens is 1. The van der Waals surface area contributed by atoms with Crippen molar-refractivity contribution >= 4 is 29.4 Å². The highest BCUT2D eigenvalue weighted by molar-refractivity contribution is 6.10. The quantitative estimate of drug-likeness (QED) is 0.457. The molecule has 1 aromatic heterocycles. The number of nitrogens with zero attached hydrogens (tertiary/aromatic N) is 3. The number of aromatic nitrogens is 2. The Morgan fingerprint density at radius 1 is 1.17 bits per heavy atom. The zero-order valence-electron chi connectivity index (χ0n) is 19.9. The Kier molecular flexibility index (Phi) is 6.51. The summed E-state index contributed by atoms with van der Waals surface area (Å²) >= 11 is 0. The maximum Gasteiger partial charge on any atom is 0.330 e. The van der Waals surface area contributed by atoms with E-state index in [9.17, 15) is 24.0 Å². The van der Waals surface area contributed by atoms with Gasteiger partial charge in [-0.1, -0.05) is 43.7 Å². The third kappa shape index (κ3) is 4.58. The SMILES string of the molecule is CCCCn1c(N)c(N(Cc2ccccc2)C(=O)CN2C(=O)NC(C)(C3CC3)C2=O)c(=O)[nH]c1=O. The van der Waals surface area contributed by atoms with Gasteiger partial charge in [0.25, 0.3) is 11.5 Å². The Morgan fingerprint density at radius 2 is 1.86 bits per heavy atom. The summed E-state index contributed by atoms with van der Waals surface area (Å²) in [6.45, 7) is 3.29. The number of amides is 4. The number of unbranched alkanes of at least 4 members (excludes halogenated alkanes) is 1. The molecule has 1 aliphatic heterocycles. The van der Waals surface area contributed by atoms with Crippen LogP contribution in [0.3, 0.4) is 0 Å². The molecule has 0 spiro atoms. The molecule has 4 N–H and O–H groups in total. The Hall–Kier alpha value is -3.89. The van der Waals surface area contributed by atoms with E-state index in [1.807, 2.05) is 13.0 Å². The van der Waals surface area contributed by atoms with Crippen LogP contribution in [0.25, 0.3) is 0 Å². The van der Waals surface area contributed by atoms with Crippen LogP contribution < -0.4 is 27.2 Å². The van der Waals surface area contributed by atoms with Crippen LogP contribution in [0.5, 0.6) is 0 Å². The van der Waals surface area contributed by atoms with Gasteiger partial charge in [-0.25, -0.2) is 9.59 Å². The molecule has 2 heterocycles. The predicted molar refractivity (Wildman–Crippen MR) is 130 cm³/mol. The van der Waals surface area contributed by atoms with Crippen molar-refractivity contribution < 1.29 is 14.4 Å². The molecule has 1 aromatic carbocycles. The summed E-state index contributed by atoms with van der Waals surface area (Å²) in [6.07, 6.45) is 3.09. The van der Waals surface area contributed by atoms with Gasteiger partial charge in [0.1, 0.15) is 17.9 Å². The standard InChI is InChI=1S/C24H30N6O5/c1-3-4-12-28-19(25)18(20(32)26-22(28)34)29(13-15-8-6-5-7-9-15)17(31)14-30-21(33)24(2,16-10-11-16)27-23(30)35/h5-9,16H,3-4,10-14,25H2,1-2H3,(H,27,35)(H,26,32,34). The van der Waals surface area contributed by atoms with E-state index in [0.717, 1.165) is 29.1 Å². The maximum atomic E-state index is 13.6. The zero-order valence-corrected chi connectivity index (χ0v) is 19.9. The first-order chi connectivity index (χ1) is 16.7. The molecule has 2 fully saturated rings. The normalized spacial score (nSPS) is 19.7. The van der Waals surface area contributed by atoms with E-state index in [4.69, 9.17) is 5.73 Å². The van der Waals surface area contributed by atoms with Gasteiger partial charge in [0.05, 0.1) is 6.54 Å². The molecule has 11 nitrogen and oxygen atoms in total. The van der Waals surface area contributed by atoms with Crippen molar-refractivity contribution in [3.05, 3.63) is 56.7 Å². The molecular formula is C24H30N6O5. The lowest BCUT2D eigenvalue weighted by atomic mass is 9.96. The summed E-state index contributed by atoms with van der Waals surface area (Å²) in [4.78, 5) is 68.8. The second kappa shape index (κ2) is 9.40. The minimum Gasteiger partial charge on any atom is -0.383 e. The average Bonchev–Trinajstić information content (AvgIpc) is 3.65. The number of benzene rings is 1. The molecule has 1 unspecified atom stereocenters. The zero-order chi connectivity index (χ0) is 25.3. The molecule has 0 bridgehead atoms. The van der Waals surface area contributed by atoms with Gasteiger partial charge in [0.15, 0.2) is 5.69 Å². The number of hydrogen-bond donors (Lipinski definition) is 3. The number of carbonyl (C=O) groups excluding carboxylic acids is 3. The van der Waals surface area contributed by atoms with Gasteiger partial charge < -0.3 is 11.1 Å². The molecule has 11 heteroatoms. The molecule has 35 heavy (non-hydrogen) atoms. The van der Waals surface area contributed by atoms with Crippen molar-refractivity contribution in [1.29, 1.82) is 0 Å². The summed E-state index contributed by atoms with van der Waals surface area (Å²) < 4.78 is 1.23. The van der Waals surface area contributed by atoms with E-state index >= 15 is 0 Å². The van der Waals surface area contributed by atoms with Gasteiger partial charge in [-0.15, -0.1) is 0 Å². The average molecular weight is 483 g/mol. The van der Waals surface area contributed by atoms with E-state index in [1.165, 1.54) is 4.57 Å². The van der Waals surface area contributed by atoms with Crippen LogP contribution in [-0.4, -0.2) is 44.4 Å². The Bertz CT molecular complexity index is 1270. The van der Waals surface area contributed by atoms with Crippen molar-refractivity contribution in [2.75, 3.05) is 17.2 Å². The molecule has 0 radical (unpaired) electrons. The number of nitrogens with one attached hydrogen (secondary N) is 2. The largest absolute Gasteiger partial charge is 0.383 e. The second-order valence-electron chi connectivity index (χ2n) is 9.26. The molecule has 2 aromatic rings. The molecule has 1 atom stereocenters. The Balaban J connectivity index is 1.71. The molecule has 1 saturated heterocycles. The van der Waals surface area contributed by atoms with Gasteiger partial charge in [-0.3, -0.25) is 33.7 Å². The van der Waals surface area contributed by atoms with Crippen LogP contribution in [-0.2, 0) is 22.7 Å². The van der Waals surface area contributed by atoms with Crippen LogP contribution in [0.1, 0.15) is 45.1 Å². The lowest BCUT2D eigenvalue weighted by Gasteiger charge is -2.26. The number of rotatable bonds is 9. The van der Waals surface area contributed by atoms with Crippen molar-refractivity contribution in [3.63, 3.8) is 0 Å². The van der Waals surface area contributed by atoms with Gasteiger partial charge in [0.2, 0.25) is 5.91 Å². The number of hydrogen-bond acceptors (Lipinski definition) is 6. The molecule has 186 valence electrons. The number of anilines is 2. The summed E-state index contributed by atoms with van der Waals surface area (Å²) in [5.41, 5.74) is 4.26. The first-order valence-electron chi connectivity index (χ1n) is 11.8. The summed E-state index contributed by atoms with van der Waals surface area (Å²) in [7, 11) is 0. The van der Waals surface area contributed by atoms with Crippen molar-refractivity contribution in [2.45, 2.75) is 58.2 Å². The predicted octanol–water partition coefficient (Wildman–Crippen LogP) is 1.17. The number of nitrogens with two attached hydrogens (primary N) is 1. The second-order valence-corrected chi connectivity index (χ2v) is 9.26. The van der Waals surface area contributed by atoms with E-state index in [1.54, 1.807) is 31.2 Å². The van der Waals surface area contributed by atoms with Gasteiger partial charge in [-0.05, 0) is 37.7 Å². The molecule has 1 aliphatic carbocycles. The minimum absolute atomic E-state index is 0.0392. The van der Waals surface area contributed by atoms with Gasteiger partial charge in [-0.2, -0.15) is 0 Å². The first kappa shape index (κ1) is 24.2. The number of imide groups is 1. The van der Waals surface area contributed by atoms with Crippen molar-refractivity contribution in [2.24, 2.45) is 5.92 Å². The lowest BCUT2D eigenvalue weighted by molar-refractivity contribution is -0.134. The van der Waals surface area contributed by atoms with Crippen LogP contribution in [0.2, 0.25) is 0 Å². The van der Waals surface area contributed by atoms with E-state index in [0.29, 0.717) is 12.0 Å². The highest BCUT2D eigenvalue weighted by Crippen LogP contribution is 2.42. The number of nitrogen functional groups attached to an aromatic ring is 1. The van der Waals surface area contributed by atoms with Gasteiger partial charge >= 0.3 is 11.7 Å². The topological polar surface area (TPSA) is 151 Å². The fourth-order valence-electron chi connectivity index (χ4n) is 4.45. The summed E-state index contributed by atoms with van der Waals surface area (Å²) in [5.74, 6) is -1.24. The Labute approximate surface area is 201 Å². The minimum atomic E-state index is -1.04. The van der Waals surface area contributed by atoms with Crippen LogP contribution in [0.15, 0.2) is 39.9 Å². The van der Waals surface area contributed by atoms with Crippen molar-refractivity contribution in [1.82, 2.24) is 19.8 Å². The Morgan fingerprint density at radius 3 is 2.49 bits per heavy atom. The number of urea groups is 1. The highest BCUT2D eigenvalue weighted by Gasteiger charge is 2.56. The summed E-state index contributed by atoms with van der Waals surface area (Å²) in [5, 5.41) is 2.72. The highest BCUT2D eigenvalue weighted by atomic mass is 16.2. The fourth-order valence-corrected chi connectivity index (χ4v) is 4.45.